The van der Waals surface area contributed by atoms with Crippen molar-refractivity contribution in [2.45, 2.75) is 46.2 Å². The lowest BCUT2D eigenvalue weighted by Gasteiger charge is -2.31. The fourth-order valence-corrected chi connectivity index (χ4v) is 5.06. The molecule has 3 rings (SSSR count). The van der Waals surface area contributed by atoms with Crippen LogP contribution in [-0.2, 0) is 16.1 Å². The van der Waals surface area contributed by atoms with Crippen LogP contribution in [0.5, 0.6) is 0 Å². The summed E-state index contributed by atoms with van der Waals surface area (Å²) in [4.78, 5) is 19.3. The zero-order valence-electron chi connectivity index (χ0n) is 15.2. The van der Waals surface area contributed by atoms with E-state index >= 15 is 0 Å². The molecule has 0 N–H and O–H groups in total. The summed E-state index contributed by atoms with van der Waals surface area (Å²) in [5, 5.41) is 2.14. The number of carbonyl (C=O) groups is 1. The van der Waals surface area contributed by atoms with Gasteiger partial charge in [0.05, 0.1) is 12.0 Å². The number of hydrogen-bond donors (Lipinski definition) is 0. The van der Waals surface area contributed by atoms with Crippen LogP contribution in [0.1, 0.15) is 38.5 Å². The SMILES string of the molecule is CCOC(=O)[C@]12CCCN(Cc3cccs3)C[C@H]1CN(C(C)C)C2. The van der Waals surface area contributed by atoms with Gasteiger partial charge < -0.3 is 4.74 Å². The van der Waals surface area contributed by atoms with E-state index < -0.39 is 0 Å². The van der Waals surface area contributed by atoms with E-state index in [9.17, 15) is 4.79 Å². The molecule has 0 spiro atoms. The molecule has 3 heterocycles. The fourth-order valence-electron chi connectivity index (χ4n) is 4.32. The van der Waals surface area contributed by atoms with E-state index in [0.717, 1.165) is 45.6 Å². The maximum Gasteiger partial charge on any atom is 0.313 e. The first-order valence-corrected chi connectivity index (χ1v) is 10.1. The molecule has 4 nitrogen and oxygen atoms in total. The highest BCUT2D eigenvalue weighted by atomic mass is 32.1. The van der Waals surface area contributed by atoms with Crippen LogP contribution >= 0.6 is 11.3 Å². The second-order valence-corrected chi connectivity index (χ2v) is 8.55. The zero-order chi connectivity index (χ0) is 17.2. The highest BCUT2D eigenvalue weighted by Crippen LogP contribution is 2.44. The third-order valence-corrected chi connectivity index (χ3v) is 6.53. The molecule has 0 bridgehead atoms. The molecule has 0 amide bonds. The van der Waals surface area contributed by atoms with Crippen LogP contribution in [0.3, 0.4) is 0 Å². The Bertz CT molecular complexity index is 546. The Morgan fingerprint density at radius 2 is 2.29 bits per heavy atom. The number of esters is 1. The minimum atomic E-state index is -0.301. The van der Waals surface area contributed by atoms with Crippen LogP contribution in [0.2, 0.25) is 0 Å². The van der Waals surface area contributed by atoms with Crippen LogP contribution in [0.15, 0.2) is 17.5 Å². The van der Waals surface area contributed by atoms with Gasteiger partial charge in [0.1, 0.15) is 0 Å². The van der Waals surface area contributed by atoms with Crippen LogP contribution in [0.4, 0.5) is 0 Å². The van der Waals surface area contributed by atoms with Gasteiger partial charge in [-0.15, -0.1) is 11.3 Å². The van der Waals surface area contributed by atoms with E-state index in [4.69, 9.17) is 4.74 Å². The van der Waals surface area contributed by atoms with Crippen molar-refractivity contribution in [3.8, 4) is 0 Å². The lowest BCUT2D eigenvalue weighted by atomic mass is 9.75. The summed E-state index contributed by atoms with van der Waals surface area (Å²) in [6.07, 6.45) is 2.04. The number of nitrogens with zero attached hydrogens (tertiary/aromatic N) is 2. The van der Waals surface area contributed by atoms with Crippen molar-refractivity contribution >= 4 is 17.3 Å². The molecule has 2 atom stereocenters. The highest BCUT2D eigenvalue weighted by Gasteiger charge is 2.54. The van der Waals surface area contributed by atoms with Crippen LogP contribution in [0, 0.1) is 11.3 Å². The minimum absolute atomic E-state index is 0.0381. The van der Waals surface area contributed by atoms with E-state index in [1.807, 2.05) is 18.3 Å². The van der Waals surface area contributed by atoms with Crippen molar-refractivity contribution in [1.29, 1.82) is 0 Å². The number of ether oxygens (including phenoxy) is 1. The average Bonchev–Trinajstić information content (AvgIpc) is 3.13. The number of likely N-dealkylation sites (tertiary alicyclic amines) is 2. The lowest BCUT2D eigenvalue weighted by Crippen LogP contribution is -2.42. The van der Waals surface area contributed by atoms with Crippen LogP contribution in [0.25, 0.3) is 0 Å². The maximum atomic E-state index is 12.9. The Balaban J connectivity index is 1.79. The van der Waals surface area contributed by atoms with Crippen molar-refractivity contribution in [1.82, 2.24) is 9.80 Å². The molecule has 1 aromatic heterocycles. The highest BCUT2D eigenvalue weighted by molar-refractivity contribution is 7.09. The van der Waals surface area contributed by atoms with Crippen LogP contribution in [-0.4, -0.2) is 54.6 Å². The smallest absolute Gasteiger partial charge is 0.313 e. The van der Waals surface area contributed by atoms with Gasteiger partial charge in [-0.1, -0.05) is 6.07 Å². The first-order chi connectivity index (χ1) is 11.5. The molecule has 0 saturated carbocycles. The van der Waals surface area contributed by atoms with Crippen molar-refractivity contribution < 1.29 is 9.53 Å². The molecule has 2 aliphatic heterocycles. The normalized spacial score (nSPS) is 28.8. The predicted octanol–water partition coefficient (Wildman–Crippen LogP) is 3.23. The van der Waals surface area contributed by atoms with Gasteiger partial charge in [0.25, 0.3) is 0 Å². The summed E-state index contributed by atoms with van der Waals surface area (Å²) in [5.74, 6) is 0.414. The first-order valence-electron chi connectivity index (χ1n) is 9.21. The number of hydrogen-bond acceptors (Lipinski definition) is 5. The Hall–Kier alpha value is -0.910. The van der Waals surface area contributed by atoms with E-state index in [2.05, 4.69) is 41.2 Å². The standard InChI is InChI=1S/C19H30N2O2S/c1-4-23-18(22)19-8-6-9-20(13-17-7-5-10-24-17)11-16(19)12-21(14-19)15(2)3/h5,7,10,15-16H,4,6,8-9,11-14H2,1-3H3/t16-,19-/m0/s1. The molecule has 2 fully saturated rings. The molecule has 24 heavy (non-hydrogen) atoms. The first kappa shape index (κ1) is 17.9. The summed E-state index contributed by atoms with van der Waals surface area (Å²) in [7, 11) is 0. The van der Waals surface area contributed by atoms with Gasteiger partial charge in [0.15, 0.2) is 0 Å². The molecule has 0 aromatic carbocycles. The van der Waals surface area contributed by atoms with Crippen molar-refractivity contribution in [2.24, 2.45) is 11.3 Å². The molecule has 0 unspecified atom stereocenters. The Kier molecular flexibility index (Phi) is 5.63. The Morgan fingerprint density at radius 3 is 2.96 bits per heavy atom. The monoisotopic (exact) mass is 350 g/mol. The molecular formula is C19H30N2O2S. The second-order valence-electron chi connectivity index (χ2n) is 7.51. The molecule has 2 aliphatic rings. The van der Waals surface area contributed by atoms with Gasteiger partial charge in [-0.05, 0) is 51.6 Å². The Morgan fingerprint density at radius 1 is 1.46 bits per heavy atom. The van der Waals surface area contributed by atoms with Crippen molar-refractivity contribution in [3.05, 3.63) is 22.4 Å². The summed E-state index contributed by atoms with van der Waals surface area (Å²) in [6, 6.07) is 4.81. The molecule has 0 radical (unpaired) electrons. The maximum absolute atomic E-state index is 12.9. The molecule has 1 aromatic rings. The molecular weight excluding hydrogens is 320 g/mol. The number of thiophene rings is 1. The third kappa shape index (κ3) is 3.53. The second kappa shape index (κ2) is 7.54. The summed E-state index contributed by atoms with van der Waals surface area (Å²) in [5.41, 5.74) is -0.301. The number of carbonyl (C=O) groups excluding carboxylic acids is 1. The van der Waals surface area contributed by atoms with Crippen LogP contribution < -0.4 is 0 Å². The van der Waals surface area contributed by atoms with Gasteiger partial charge >= 0.3 is 5.97 Å². The summed E-state index contributed by atoms with van der Waals surface area (Å²) >= 11 is 1.82. The Labute approximate surface area is 149 Å². The van der Waals surface area contributed by atoms with Gasteiger partial charge in [0, 0.05) is 43.0 Å². The molecule has 5 heteroatoms. The largest absolute Gasteiger partial charge is 0.466 e. The van der Waals surface area contributed by atoms with Gasteiger partial charge in [-0.3, -0.25) is 14.6 Å². The van der Waals surface area contributed by atoms with Crippen molar-refractivity contribution in [2.75, 3.05) is 32.8 Å². The molecule has 2 saturated heterocycles. The topological polar surface area (TPSA) is 32.8 Å². The van der Waals surface area contributed by atoms with Gasteiger partial charge in [-0.2, -0.15) is 0 Å². The van der Waals surface area contributed by atoms with E-state index in [1.165, 1.54) is 4.88 Å². The van der Waals surface area contributed by atoms with E-state index in [-0.39, 0.29) is 11.4 Å². The lowest BCUT2D eigenvalue weighted by molar-refractivity contribution is -0.157. The predicted molar refractivity (Wildman–Crippen MR) is 98.1 cm³/mol. The number of fused-ring (bicyclic) bond motifs is 1. The number of rotatable bonds is 5. The average molecular weight is 351 g/mol. The quantitative estimate of drug-likeness (QED) is 0.763. The fraction of sp³-hybridized carbons (Fsp3) is 0.737. The van der Waals surface area contributed by atoms with Crippen molar-refractivity contribution in [3.63, 3.8) is 0 Å². The third-order valence-electron chi connectivity index (χ3n) is 5.67. The van der Waals surface area contributed by atoms with E-state index in [0.29, 0.717) is 18.6 Å². The minimum Gasteiger partial charge on any atom is -0.466 e. The summed E-state index contributed by atoms with van der Waals surface area (Å²) < 4.78 is 5.53. The molecule has 0 aliphatic carbocycles. The summed E-state index contributed by atoms with van der Waals surface area (Å²) in [6.45, 7) is 11.8. The molecule has 134 valence electrons. The van der Waals surface area contributed by atoms with Gasteiger partial charge in [0.2, 0.25) is 0 Å². The van der Waals surface area contributed by atoms with Gasteiger partial charge in [-0.25, -0.2) is 0 Å². The van der Waals surface area contributed by atoms with E-state index in [1.54, 1.807) is 0 Å². The zero-order valence-corrected chi connectivity index (χ0v) is 16.0.